The van der Waals surface area contributed by atoms with Crippen LogP contribution in [0.1, 0.15) is 59.6 Å². The number of likely N-dealkylation sites (tertiary alicyclic amines) is 1. The van der Waals surface area contributed by atoms with Crippen LogP contribution >= 0.6 is 0 Å². The van der Waals surface area contributed by atoms with Gasteiger partial charge in [-0.1, -0.05) is 18.2 Å². The average Bonchev–Trinajstić information content (AvgIpc) is 3.29. The van der Waals surface area contributed by atoms with Gasteiger partial charge in [-0.25, -0.2) is 4.98 Å². The van der Waals surface area contributed by atoms with Gasteiger partial charge in [0.05, 0.1) is 12.9 Å². The van der Waals surface area contributed by atoms with Crippen LogP contribution in [0, 0.1) is 0 Å². The highest BCUT2D eigenvalue weighted by Crippen LogP contribution is 2.40. The summed E-state index contributed by atoms with van der Waals surface area (Å²) in [5.41, 5.74) is 0.768. The Morgan fingerprint density at radius 2 is 1.82 bits per heavy atom. The van der Waals surface area contributed by atoms with E-state index in [2.05, 4.69) is 19.7 Å². The van der Waals surface area contributed by atoms with E-state index >= 15 is 0 Å². The van der Waals surface area contributed by atoms with Crippen LogP contribution in [0.25, 0.3) is 0 Å². The molecule has 3 aromatic rings. The number of benzene rings is 1. The van der Waals surface area contributed by atoms with Gasteiger partial charge in [-0.05, 0) is 37.8 Å². The van der Waals surface area contributed by atoms with Crippen molar-refractivity contribution in [3.05, 3.63) is 66.3 Å². The molecule has 1 aromatic carbocycles. The van der Waals surface area contributed by atoms with Crippen molar-refractivity contribution in [1.29, 1.82) is 0 Å². The van der Waals surface area contributed by atoms with Gasteiger partial charge < -0.3 is 14.0 Å². The van der Waals surface area contributed by atoms with Gasteiger partial charge in [-0.3, -0.25) is 4.79 Å². The van der Waals surface area contributed by atoms with E-state index in [1.165, 1.54) is 12.8 Å². The van der Waals surface area contributed by atoms with Crippen molar-refractivity contribution in [1.82, 2.24) is 29.2 Å². The summed E-state index contributed by atoms with van der Waals surface area (Å²) in [6.07, 6.45) is 9.85. The standard InChI is InChI=1S/C21H24N6O/c28-21(17-4-2-1-3-5-17)26-11-8-16(9-12-26)20-24-23-19(27(20)18-6-7-18)14-25-13-10-22-15-25/h1-5,10,13,15-16,18H,6-9,11-12,14H2. The van der Waals surface area contributed by atoms with Gasteiger partial charge in [0, 0.05) is 43.0 Å². The maximum Gasteiger partial charge on any atom is 0.253 e. The largest absolute Gasteiger partial charge is 0.339 e. The SMILES string of the molecule is O=C(c1ccccc1)N1CCC(c2nnc(Cn3ccnc3)n2C2CC2)CC1. The Hall–Kier alpha value is -2.96. The molecule has 1 saturated heterocycles. The van der Waals surface area contributed by atoms with Crippen LogP contribution in [0.2, 0.25) is 0 Å². The van der Waals surface area contributed by atoms with Gasteiger partial charge in [0.2, 0.25) is 0 Å². The lowest BCUT2D eigenvalue weighted by molar-refractivity contribution is 0.0710. The van der Waals surface area contributed by atoms with Crippen LogP contribution in [0.5, 0.6) is 0 Å². The monoisotopic (exact) mass is 376 g/mol. The number of nitrogens with zero attached hydrogens (tertiary/aromatic N) is 6. The number of amides is 1. The van der Waals surface area contributed by atoms with Crippen molar-refractivity contribution < 1.29 is 4.79 Å². The lowest BCUT2D eigenvalue weighted by Crippen LogP contribution is -2.38. The van der Waals surface area contributed by atoms with Crippen LogP contribution in [-0.2, 0) is 6.54 Å². The maximum atomic E-state index is 12.7. The first-order chi connectivity index (χ1) is 13.8. The zero-order chi connectivity index (χ0) is 18.9. The number of imidazole rings is 1. The Morgan fingerprint density at radius 3 is 2.50 bits per heavy atom. The molecule has 1 saturated carbocycles. The van der Waals surface area contributed by atoms with Crippen LogP contribution < -0.4 is 0 Å². The fraction of sp³-hybridized carbons (Fsp3) is 0.429. The number of aromatic nitrogens is 5. The van der Waals surface area contributed by atoms with Crippen molar-refractivity contribution in [2.45, 2.75) is 44.2 Å². The van der Waals surface area contributed by atoms with E-state index in [9.17, 15) is 4.79 Å². The first-order valence-electron chi connectivity index (χ1n) is 10.0. The van der Waals surface area contributed by atoms with E-state index in [0.29, 0.717) is 18.5 Å². The molecule has 0 N–H and O–H groups in total. The molecule has 3 heterocycles. The summed E-state index contributed by atoms with van der Waals surface area (Å²) >= 11 is 0. The quantitative estimate of drug-likeness (QED) is 0.687. The van der Waals surface area contributed by atoms with Crippen molar-refractivity contribution in [2.75, 3.05) is 13.1 Å². The number of hydrogen-bond donors (Lipinski definition) is 0. The lowest BCUT2D eigenvalue weighted by atomic mass is 9.95. The van der Waals surface area contributed by atoms with E-state index in [4.69, 9.17) is 0 Å². The molecule has 0 atom stereocenters. The summed E-state index contributed by atoms with van der Waals surface area (Å²) in [4.78, 5) is 18.8. The first kappa shape index (κ1) is 17.2. The number of rotatable bonds is 5. The Morgan fingerprint density at radius 1 is 1.04 bits per heavy atom. The van der Waals surface area contributed by atoms with Gasteiger partial charge >= 0.3 is 0 Å². The van der Waals surface area contributed by atoms with Crippen molar-refractivity contribution in [3.63, 3.8) is 0 Å². The minimum absolute atomic E-state index is 0.128. The van der Waals surface area contributed by atoms with Crippen LogP contribution in [0.15, 0.2) is 49.1 Å². The molecule has 144 valence electrons. The molecule has 1 aliphatic carbocycles. The third-order valence-electron chi connectivity index (χ3n) is 5.76. The molecule has 28 heavy (non-hydrogen) atoms. The van der Waals surface area contributed by atoms with Gasteiger partial charge in [0.25, 0.3) is 5.91 Å². The third-order valence-corrected chi connectivity index (χ3v) is 5.76. The summed E-state index contributed by atoms with van der Waals surface area (Å²) in [5.74, 6) is 2.61. The molecule has 7 nitrogen and oxygen atoms in total. The lowest BCUT2D eigenvalue weighted by Gasteiger charge is -2.32. The van der Waals surface area contributed by atoms with Crippen LogP contribution in [0.3, 0.4) is 0 Å². The van der Waals surface area contributed by atoms with Gasteiger partial charge in [-0.15, -0.1) is 10.2 Å². The second-order valence-electron chi connectivity index (χ2n) is 7.74. The molecular weight excluding hydrogens is 352 g/mol. The predicted molar refractivity (Wildman–Crippen MR) is 104 cm³/mol. The molecule has 2 aromatic heterocycles. The normalized spacial score (nSPS) is 17.8. The smallest absolute Gasteiger partial charge is 0.253 e. The number of carbonyl (C=O) groups is 1. The van der Waals surface area contributed by atoms with Crippen LogP contribution in [-0.4, -0.2) is 48.2 Å². The number of hydrogen-bond acceptors (Lipinski definition) is 4. The Labute approximate surface area is 164 Å². The van der Waals surface area contributed by atoms with Crippen molar-refractivity contribution in [3.8, 4) is 0 Å². The van der Waals surface area contributed by atoms with Crippen molar-refractivity contribution in [2.24, 2.45) is 0 Å². The van der Waals surface area contributed by atoms with E-state index in [-0.39, 0.29) is 5.91 Å². The fourth-order valence-corrected chi connectivity index (χ4v) is 4.10. The van der Waals surface area contributed by atoms with Gasteiger partial charge in [0.15, 0.2) is 5.82 Å². The molecule has 1 aliphatic heterocycles. The molecule has 0 unspecified atom stereocenters. The zero-order valence-corrected chi connectivity index (χ0v) is 15.8. The number of carbonyl (C=O) groups excluding carboxylic acids is 1. The van der Waals surface area contributed by atoms with Crippen molar-refractivity contribution >= 4 is 5.91 Å². The van der Waals surface area contributed by atoms with E-state index < -0.39 is 0 Å². The second kappa shape index (κ2) is 7.22. The minimum atomic E-state index is 0.128. The van der Waals surface area contributed by atoms with E-state index in [1.54, 1.807) is 6.20 Å². The zero-order valence-electron chi connectivity index (χ0n) is 15.8. The molecular formula is C21H24N6O. The Kier molecular flexibility index (Phi) is 4.43. The molecule has 1 amide bonds. The highest BCUT2D eigenvalue weighted by Gasteiger charge is 2.34. The summed E-state index contributed by atoms with van der Waals surface area (Å²) in [6, 6.07) is 10.1. The van der Waals surface area contributed by atoms with E-state index in [0.717, 1.165) is 43.1 Å². The first-order valence-corrected chi connectivity index (χ1v) is 10.0. The predicted octanol–water partition coefficient (Wildman–Crippen LogP) is 2.88. The Bertz CT molecular complexity index is 937. The Balaban J connectivity index is 1.30. The molecule has 2 aliphatic rings. The molecule has 5 rings (SSSR count). The molecule has 0 spiro atoms. The number of piperidine rings is 1. The second-order valence-corrected chi connectivity index (χ2v) is 7.74. The maximum absolute atomic E-state index is 12.7. The molecule has 0 bridgehead atoms. The molecule has 0 radical (unpaired) electrons. The fourth-order valence-electron chi connectivity index (χ4n) is 4.10. The summed E-state index contributed by atoms with van der Waals surface area (Å²) in [7, 11) is 0. The topological polar surface area (TPSA) is 68.8 Å². The highest BCUT2D eigenvalue weighted by atomic mass is 16.2. The van der Waals surface area contributed by atoms with E-state index in [1.807, 2.05) is 52.3 Å². The summed E-state index contributed by atoms with van der Waals surface area (Å²) < 4.78 is 4.40. The third kappa shape index (κ3) is 3.32. The van der Waals surface area contributed by atoms with Crippen LogP contribution in [0.4, 0.5) is 0 Å². The van der Waals surface area contributed by atoms with Gasteiger partial charge in [0.1, 0.15) is 5.82 Å². The average molecular weight is 376 g/mol. The summed E-state index contributed by atoms with van der Waals surface area (Å²) in [6.45, 7) is 2.24. The highest BCUT2D eigenvalue weighted by molar-refractivity contribution is 5.94. The molecule has 7 heteroatoms. The molecule has 2 fully saturated rings. The summed E-state index contributed by atoms with van der Waals surface area (Å²) in [5, 5.41) is 9.10. The van der Waals surface area contributed by atoms with Gasteiger partial charge in [-0.2, -0.15) is 0 Å². The minimum Gasteiger partial charge on any atom is -0.339 e.